The summed E-state index contributed by atoms with van der Waals surface area (Å²) >= 11 is 0. The van der Waals surface area contributed by atoms with Crippen LogP contribution < -0.4 is 0 Å². The second-order valence-electron chi connectivity index (χ2n) is 6.81. The van der Waals surface area contributed by atoms with Crippen molar-refractivity contribution in [3.05, 3.63) is 35.9 Å². The van der Waals surface area contributed by atoms with Crippen molar-refractivity contribution in [3.63, 3.8) is 0 Å². The van der Waals surface area contributed by atoms with Gasteiger partial charge in [0.2, 0.25) is 5.91 Å². The van der Waals surface area contributed by atoms with Gasteiger partial charge in [0.25, 0.3) is 0 Å². The molecular weight excluding hydrogens is 304 g/mol. The molecule has 1 aliphatic rings. The number of piperidine rings is 1. The van der Waals surface area contributed by atoms with E-state index in [0.29, 0.717) is 6.54 Å². The Morgan fingerprint density at radius 1 is 1.21 bits per heavy atom. The lowest BCUT2D eigenvalue weighted by Crippen LogP contribution is -2.45. The number of hydrogen-bond acceptors (Lipinski definition) is 3. The topological polar surface area (TPSA) is 60.9 Å². The highest BCUT2D eigenvalue weighted by Crippen LogP contribution is 2.22. The summed E-state index contributed by atoms with van der Waals surface area (Å²) in [6, 6.07) is 10.4. The molecule has 0 unspecified atom stereocenters. The predicted octanol–water partition coefficient (Wildman–Crippen LogP) is 2.61. The van der Waals surface area contributed by atoms with Crippen molar-refractivity contribution in [3.8, 4) is 0 Å². The quantitative estimate of drug-likeness (QED) is 0.834. The Balaban J connectivity index is 1.85. The van der Waals surface area contributed by atoms with E-state index < -0.39 is 5.97 Å². The van der Waals surface area contributed by atoms with Crippen molar-refractivity contribution in [1.29, 1.82) is 0 Å². The van der Waals surface area contributed by atoms with Crippen LogP contribution in [-0.2, 0) is 16.1 Å². The summed E-state index contributed by atoms with van der Waals surface area (Å²) in [6.45, 7) is 6.95. The third kappa shape index (κ3) is 5.34. The maximum Gasteiger partial charge on any atom is 0.305 e. The van der Waals surface area contributed by atoms with Gasteiger partial charge >= 0.3 is 5.97 Å². The van der Waals surface area contributed by atoms with Crippen LogP contribution in [-0.4, -0.2) is 52.5 Å². The average molecular weight is 332 g/mol. The first-order chi connectivity index (χ1) is 11.5. The van der Waals surface area contributed by atoms with Crippen molar-refractivity contribution >= 4 is 11.9 Å². The molecule has 1 aromatic rings. The van der Waals surface area contributed by atoms with Gasteiger partial charge in [0, 0.05) is 25.0 Å². The third-order valence-electron chi connectivity index (χ3n) is 4.66. The molecule has 1 N–H and O–H groups in total. The van der Waals surface area contributed by atoms with Crippen LogP contribution in [0.3, 0.4) is 0 Å². The van der Waals surface area contributed by atoms with Crippen molar-refractivity contribution in [2.75, 3.05) is 19.6 Å². The molecule has 0 spiro atoms. The summed E-state index contributed by atoms with van der Waals surface area (Å²) in [7, 11) is 0. The fourth-order valence-corrected chi connectivity index (χ4v) is 3.25. The molecule has 1 saturated heterocycles. The molecule has 1 fully saturated rings. The Morgan fingerprint density at radius 2 is 1.83 bits per heavy atom. The molecule has 0 saturated carbocycles. The summed E-state index contributed by atoms with van der Waals surface area (Å²) in [5, 5.41) is 8.87. The maximum absolute atomic E-state index is 12.7. The average Bonchev–Trinajstić information content (AvgIpc) is 2.56. The number of carbonyl (C=O) groups excluding carboxylic acids is 1. The van der Waals surface area contributed by atoms with Gasteiger partial charge in [-0.1, -0.05) is 30.3 Å². The van der Waals surface area contributed by atoms with Gasteiger partial charge in [0.05, 0.1) is 6.42 Å². The second-order valence-corrected chi connectivity index (χ2v) is 6.81. The minimum Gasteiger partial charge on any atom is -0.481 e. The number of carboxylic acids is 1. The first-order valence-corrected chi connectivity index (χ1v) is 8.76. The highest BCUT2D eigenvalue weighted by molar-refractivity contribution is 5.80. The first kappa shape index (κ1) is 18.5. The third-order valence-corrected chi connectivity index (χ3v) is 4.66. The molecule has 1 aromatic carbocycles. The van der Waals surface area contributed by atoms with Gasteiger partial charge in [0.15, 0.2) is 0 Å². The van der Waals surface area contributed by atoms with E-state index in [2.05, 4.69) is 29.2 Å². The summed E-state index contributed by atoms with van der Waals surface area (Å²) in [4.78, 5) is 27.6. The van der Waals surface area contributed by atoms with E-state index >= 15 is 0 Å². The standard InChI is InChI=1S/C19H28N2O3/c1-15(2)21(13-10-18(22)23)19(24)17-8-11-20(12-9-17)14-16-6-4-3-5-7-16/h3-7,15,17H,8-14H2,1-2H3,(H,22,23). The van der Waals surface area contributed by atoms with Crippen LogP contribution in [0.15, 0.2) is 30.3 Å². The number of benzene rings is 1. The van der Waals surface area contributed by atoms with Crippen LogP contribution in [0.5, 0.6) is 0 Å². The lowest BCUT2D eigenvalue weighted by Gasteiger charge is -2.35. The molecule has 2 rings (SSSR count). The van der Waals surface area contributed by atoms with Crippen molar-refractivity contribution < 1.29 is 14.7 Å². The Kier molecular flexibility index (Phi) is 6.79. The largest absolute Gasteiger partial charge is 0.481 e. The molecule has 1 amide bonds. The first-order valence-electron chi connectivity index (χ1n) is 8.76. The van der Waals surface area contributed by atoms with Crippen LogP contribution >= 0.6 is 0 Å². The molecule has 0 atom stereocenters. The molecule has 24 heavy (non-hydrogen) atoms. The minimum atomic E-state index is -0.855. The Hall–Kier alpha value is -1.88. The van der Waals surface area contributed by atoms with E-state index in [-0.39, 0.29) is 24.3 Å². The Bertz CT molecular complexity index is 537. The molecule has 1 aliphatic heterocycles. The highest BCUT2D eigenvalue weighted by atomic mass is 16.4. The number of nitrogens with zero attached hydrogens (tertiary/aromatic N) is 2. The number of amides is 1. The number of carboxylic acid groups (broad SMARTS) is 1. The number of rotatable bonds is 7. The van der Waals surface area contributed by atoms with E-state index in [0.717, 1.165) is 32.5 Å². The summed E-state index contributed by atoms with van der Waals surface area (Å²) in [6.07, 6.45) is 1.71. The van der Waals surface area contributed by atoms with Gasteiger partial charge in [-0.3, -0.25) is 14.5 Å². The van der Waals surface area contributed by atoms with Gasteiger partial charge in [-0.15, -0.1) is 0 Å². The zero-order chi connectivity index (χ0) is 17.5. The second kappa shape index (κ2) is 8.83. The molecule has 0 aromatic heterocycles. The monoisotopic (exact) mass is 332 g/mol. The van der Waals surface area contributed by atoms with E-state index in [1.165, 1.54) is 5.56 Å². The van der Waals surface area contributed by atoms with Crippen LogP contribution in [0.25, 0.3) is 0 Å². The molecule has 5 nitrogen and oxygen atoms in total. The maximum atomic E-state index is 12.7. The van der Waals surface area contributed by atoms with Crippen molar-refractivity contribution in [2.24, 2.45) is 5.92 Å². The van der Waals surface area contributed by atoms with Crippen molar-refractivity contribution in [2.45, 2.75) is 45.7 Å². The Morgan fingerprint density at radius 3 is 2.38 bits per heavy atom. The summed E-state index contributed by atoms with van der Waals surface area (Å²) in [5.74, 6) is -0.718. The van der Waals surface area contributed by atoms with E-state index in [9.17, 15) is 9.59 Å². The SMILES string of the molecule is CC(C)N(CCC(=O)O)C(=O)C1CCN(Cc2ccccc2)CC1. The Labute approximate surface area is 144 Å². The minimum absolute atomic E-state index is 0.0107. The fourth-order valence-electron chi connectivity index (χ4n) is 3.25. The van der Waals surface area contributed by atoms with Crippen LogP contribution in [0.4, 0.5) is 0 Å². The number of hydrogen-bond donors (Lipinski definition) is 1. The van der Waals surface area contributed by atoms with E-state index in [1.807, 2.05) is 19.9 Å². The van der Waals surface area contributed by atoms with Crippen LogP contribution in [0.1, 0.15) is 38.7 Å². The molecular formula is C19H28N2O3. The zero-order valence-electron chi connectivity index (χ0n) is 14.6. The fraction of sp³-hybridized carbons (Fsp3) is 0.579. The number of aliphatic carboxylic acids is 1. The number of carbonyl (C=O) groups is 2. The van der Waals surface area contributed by atoms with Gasteiger partial charge in [0.1, 0.15) is 0 Å². The smallest absolute Gasteiger partial charge is 0.305 e. The lowest BCUT2D eigenvalue weighted by molar-refractivity contribution is -0.141. The number of likely N-dealkylation sites (tertiary alicyclic amines) is 1. The van der Waals surface area contributed by atoms with Crippen molar-refractivity contribution in [1.82, 2.24) is 9.80 Å². The summed E-state index contributed by atoms with van der Waals surface area (Å²) in [5.41, 5.74) is 1.30. The van der Waals surface area contributed by atoms with Gasteiger partial charge in [-0.2, -0.15) is 0 Å². The van der Waals surface area contributed by atoms with Gasteiger partial charge in [-0.25, -0.2) is 0 Å². The predicted molar refractivity (Wildman–Crippen MR) is 93.5 cm³/mol. The molecule has 0 radical (unpaired) electrons. The van der Waals surface area contributed by atoms with Crippen LogP contribution in [0, 0.1) is 5.92 Å². The van der Waals surface area contributed by atoms with Gasteiger partial charge < -0.3 is 10.0 Å². The van der Waals surface area contributed by atoms with E-state index in [4.69, 9.17) is 5.11 Å². The van der Waals surface area contributed by atoms with Crippen LogP contribution in [0.2, 0.25) is 0 Å². The van der Waals surface area contributed by atoms with E-state index in [1.54, 1.807) is 4.90 Å². The van der Waals surface area contributed by atoms with Gasteiger partial charge in [-0.05, 0) is 45.3 Å². The molecule has 132 valence electrons. The molecule has 0 bridgehead atoms. The zero-order valence-corrected chi connectivity index (χ0v) is 14.6. The molecule has 5 heteroatoms. The summed E-state index contributed by atoms with van der Waals surface area (Å²) < 4.78 is 0. The normalized spacial score (nSPS) is 16.3. The lowest BCUT2D eigenvalue weighted by atomic mass is 9.94. The molecule has 1 heterocycles. The highest BCUT2D eigenvalue weighted by Gasteiger charge is 2.29. The molecule has 0 aliphatic carbocycles.